The fraction of sp³-hybridized carbons (Fsp3) is 0.300. The van der Waals surface area contributed by atoms with E-state index in [2.05, 4.69) is 10.3 Å². The van der Waals surface area contributed by atoms with Crippen molar-refractivity contribution in [2.24, 2.45) is 0 Å². The second kappa shape index (κ2) is 7.48. The highest BCUT2D eigenvalue weighted by Crippen LogP contribution is 2.34. The predicted octanol–water partition coefficient (Wildman–Crippen LogP) is 3.34. The Morgan fingerprint density at radius 3 is 2.59 bits per heavy atom. The molecule has 1 aliphatic heterocycles. The maximum atomic E-state index is 12.5. The number of ether oxygens (including phenoxy) is 2. The van der Waals surface area contributed by atoms with E-state index in [1.807, 2.05) is 47.9 Å². The van der Waals surface area contributed by atoms with Gasteiger partial charge in [0.25, 0.3) is 0 Å². The molecule has 0 saturated carbocycles. The zero-order chi connectivity index (χ0) is 18.8. The van der Waals surface area contributed by atoms with Crippen molar-refractivity contribution in [1.29, 1.82) is 0 Å². The minimum atomic E-state index is -0.0751. The highest BCUT2D eigenvalue weighted by molar-refractivity contribution is 6.30. The van der Waals surface area contributed by atoms with E-state index < -0.39 is 0 Å². The molecule has 0 unspecified atom stereocenters. The summed E-state index contributed by atoms with van der Waals surface area (Å²) in [7, 11) is 0. The van der Waals surface area contributed by atoms with Gasteiger partial charge in [-0.25, -0.2) is 4.98 Å². The van der Waals surface area contributed by atoms with Crippen LogP contribution in [0, 0.1) is 0 Å². The van der Waals surface area contributed by atoms with Gasteiger partial charge in [0.15, 0.2) is 11.5 Å². The summed E-state index contributed by atoms with van der Waals surface area (Å²) in [6.45, 7) is 3.74. The number of rotatable bonds is 5. The number of nitrogens with one attached hydrogen (secondary N) is 1. The van der Waals surface area contributed by atoms with E-state index in [0.29, 0.717) is 36.3 Å². The third-order valence-electron chi connectivity index (χ3n) is 4.51. The SMILES string of the molecule is CCc1nc2cc3c(cc2n1CC(=O)NCc1ccc(Cl)cc1)OCCO3. The summed E-state index contributed by atoms with van der Waals surface area (Å²) in [6.07, 6.45) is 0.728. The van der Waals surface area contributed by atoms with E-state index in [9.17, 15) is 4.79 Å². The summed E-state index contributed by atoms with van der Waals surface area (Å²) >= 11 is 5.89. The normalized spacial score (nSPS) is 13.0. The second-order valence-electron chi connectivity index (χ2n) is 6.36. The number of imidazole rings is 1. The molecule has 2 aromatic carbocycles. The average molecular weight is 386 g/mol. The fourth-order valence-electron chi connectivity index (χ4n) is 3.16. The van der Waals surface area contributed by atoms with Crippen LogP contribution in [0.2, 0.25) is 5.02 Å². The van der Waals surface area contributed by atoms with Gasteiger partial charge < -0.3 is 19.4 Å². The Labute approximate surface area is 162 Å². The molecule has 0 atom stereocenters. The standard InChI is InChI=1S/C20H20ClN3O3/c1-2-19-23-15-9-17-18(27-8-7-26-17)10-16(15)24(19)12-20(25)22-11-13-3-5-14(21)6-4-13/h3-6,9-10H,2,7-8,11-12H2,1H3,(H,22,25). The van der Waals surface area contributed by atoms with Crippen LogP contribution in [0.15, 0.2) is 36.4 Å². The molecule has 27 heavy (non-hydrogen) atoms. The topological polar surface area (TPSA) is 65.4 Å². The quantitative estimate of drug-likeness (QED) is 0.731. The van der Waals surface area contributed by atoms with Crippen LogP contribution < -0.4 is 14.8 Å². The summed E-state index contributed by atoms with van der Waals surface area (Å²) in [4.78, 5) is 17.2. The van der Waals surface area contributed by atoms with Crippen molar-refractivity contribution >= 4 is 28.5 Å². The van der Waals surface area contributed by atoms with Crippen molar-refractivity contribution < 1.29 is 14.3 Å². The number of nitrogens with zero attached hydrogens (tertiary/aromatic N) is 2. The average Bonchev–Trinajstić information content (AvgIpc) is 3.02. The van der Waals surface area contributed by atoms with Crippen LogP contribution in [0.3, 0.4) is 0 Å². The first kappa shape index (κ1) is 17.7. The highest BCUT2D eigenvalue weighted by Gasteiger charge is 2.18. The van der Waals surface area contributed by atoms with E-state index in [-0.39, 0.29) is 12.5 Å². The third-order valence-corrected chi connectivity index (χ3v) is 4.76. The molecule has 4 rings (SSSR count). The van der Waals surface area contributed by atoms with E-state index in [0.717, 1.165) is 28.8 Å². The fourth-order valence-corrected chi connectivity index (χ4v) is 3.29. The second-order valence-corrected chi connectivity index (χ2v) is 6.79. The Bertz CT molecular complexity index is 982. The lowest BCUT2D eigenvalue weighted by Gasteiger charge is -2.18. The molecule has 0 radical (unpaired) electrons. The van der Waals surface area contributed by atoms with Crippen molar-refractivity contribution in [3.05, 3.63) is 52.8 Å². The molecular weight excluding hydrogens is 366 g/mol. The van der Waals surface area contributed by atoms with Crippen molar-refractivity contribution in [1.82, 2.24) is 14.9 Å². The Morgan fingerprint density at radius 1 is 1.19 bits per heavy atom. The van der Waals surface area contributed by atoms with E-state index in [4.69, 9.17) is 21.1 Å². The molecule has 0 aliphatic carbocycles. The summed E-state index contributed by atoms with van der Waals surface area (Å²) in [5, 5.41) is 3.63. The van der Waals surface area contributed by atoms with Gasteiger partial charge in [0, 0.05) is 30.1 Å². The molecule has 1 aliphatic rings. The molecule has 140 valence electrons. The molecule has 0 bridgehead atoms. The van der Waals surface area contributed by atoms with Crippen LogP contribution in [0.25, 0.3) is 11.0 Å². The van der Waals surface area contributed by atoms with Gasteiger partial charge in [-0.3, -0.25) is 4.79 Å². The van der Waals surface area contributed by atoms with Crippen LogP contribution in [0.5, 0.6) is 11.5 Å². The molecule has 6 nitrogen and oxygen atoms in total. The van der Waals surface area contributed by atoms with Crippen molar-refractivity contribution in [3.63, 3.8) is 0 Å². The largest absolute Gasteiger partial charge is 0.486 e. The maximum absolute atomic E-state index is 12.5. The minimum absolute atomic E-state index is 0.0751. The molecule has 2 heterocycles. The number of aryl methyl sites for hydroxylation is 1. The monoisotopic (exact) mass is 385 g/mol. The number of carbonyl (C=O) groups is 1. The molecule has 1 aromatic heterocycles. The molecule has 1 amide bonds. The first-order valence-corrected chi connectivity index (χ1v) is 9.31. The molecule has 0 fully saturated rings. The summed E-state index contributed by atoms with van der Waals surface area (Å²) < 4.78 is 13.2. The number of hydrogen-bond acceptors (Lipinski definition) is 4. The summed E-state index contributed by atoms with van der Waals surface area (Å²) in [5.74, 6) is 2.18. The van der Waals surface area contributed by atoms with Crippen LogP contribution >= 0.6 is 11.6 Å². The maximum Gasteiger partial charge on any atom is 0.240 e. The minimum Gasteiger partial charge on any atom is -0.486 e. The van der Waals surface area contributed by atoms with Crippen molar-refractivity contribution in [2.75, 3.05) is 13.2 Å². The van der Waals surface area contributed by atoms with Crippen LogP contribution in [0.1, 0.15) is 18.3 Å². The van der Waals surface area contributed by atoms with Crippen LogP contribution in [0.4, 0.5) is 0 Å². The zero-order valence-electron chi connectivity index (χ0n) is 15.0. The van der Waals surface area contributed by atoms with Gasteiger partial charge in [-0.2, -0.15) is 0 Å². The molecular formula is C20H20ClN3O3. The Kier molecular flexibility index (Phi) is 4.90. The van der Waals surface area contributed by atoms with Gasteiger partial charge in [-0.1, -0.05) is 30.7 Å². The van der Waals surface area contributed by atoms with E-state index >= 15 is 0 Å². The zero-order valence-corrected chi connectivity index (χ0v) is 15.8. The van der Waals surface area contributed by atoms with E-state index in [1.54, 1.807) is 0 Å². The Hall–Kier alpha value is -2.73. The summed E-state index contributed by atoms with van der Waals surface area (Å²) in [5.41, 5.74) is 2.68. The van der Waals surface area contributed by atoms with Gasteiger partial charge in [0.1, 0.15) is 25.6 Å². The number of benzene rings is 2. The number of amides is 1. The number of hydrogen-bond donors (Lipinski definition) is 1. The molecule has 0 saturated heterocycles. The number of fused-ring (bicyclic) bond motifs is 2. The van der Waals surface area contributed by atoms with E-state index in [1.165, 1.54) is 0 Å². The Morgan fingerprint density at radius 2 is 1.89 bits per heavy atom. The number of halogens is 1. The summed E-state index contributed by atoms with van der Waals surface area (Å²) in [6, 6.07) is 11.2. The van der Waals surface area contributed by atoms with Gasteiger partial charge in [0.05, 0.1) is 11.0 Å². The van der Waals surface area contributed by atoms with Gasteiger partial charge >= 0.3 is 0 Å². The predicted molar refractivity (Wildman–Crippen MR) is 103 cm³/mol. The lowest BCUT2D eigenvalue weighted by atomic mass is 10.2. The van der Waals surface area contributed by atoms with Crippen LogP contribution in [-0.4, -0.2) is 28.7 Å². The van der Waals surface area contributed by atoms with Gasteiger partial charge in [-0.05, 0) is 17.7 Å². The first-order chi connectivity index (χ1) is 13.1. The lowest BCUT2D eigenvalue weighted by Crippen LogP contribution is -2.27. The molecule has 0 spiro atoms. The van der Waals surface area contributed by atoms with Crippen molar-refractivity contribution in [2.45, 2.75) is 26.4 Å². The number of aromatic nitrogens is 2. The van der Waals surface area contributed by atoms with Gasteiger partial charge in [0.2, 0.25) is 5.91 Å². The highest BCUT2D eigenvalue weighted by atomic mass is 35.5. The van der Waals surface area contributed by atoms with Crippen molar-refractivity contribution in [3.8, 4) is 11.5 Å². The smallest absolute Gasteiger partial charge is 0.240 e. The number of carbonyl (C=O) groups excluding carboxylic acids is 1. The lowest BCUT2D eigenvalue weighted by molar-refractivity contribution is -0.121. The third kappa shape index (κ3) is 3.71. The van der Waals surface area contributed by atoms with Crippen LogP contribution in [-0.2, 0) is 24.3 Å². The molecule has 1 N–H and O–H groups in total. The van der Waals surface area contributed by atoms with Gasteiger partial charge in [-0.15, -0.1) is 0 Å². The molecule has 3 aromatic rings. The Balaban J connectivity index is 1.54. The molecule has 7 heteroatoms. The first-order valence-electron chi connectivity index (χ1n) is 8.94.